The minimum absolute atomic E-state index is 0.128. The first-order chi connectivity index (χ1) is 12.1. The minimum atomic E-state index is -3.57. The molecule has 8 nitrogen and oxygen atoms in total. The number of ether oxygens (including phenoxy) is 1. The Morgan fingerprint density at radius 3 is 2.80 bits per heavy atom. The Labute approximate surface area is 144 Å². The van der Waals surface area contributed by atoms with E-state index < -0.39 is 10.0 Å². The Bertz CT molecular complexity index is 975. The van der Waals surface area contributed by atoms with Crippen molar-refractivity contribution in [1.82, 2.24) is 14.4 Å². The van der Waals surface area contributed by atoms with Gasteiger partial charge in [0.2, 0.25) is 21.7 Å². The Morgan fingerprint density at radius 1 is 1.24 bits per heavy atom. The number of hydrogen-bond donors (Lipinski definition) is 0. The van der Waals surface area contributed by atoms with Crippen LogP contribution in [0.4, 0.5) is 0 Å². The van der Waals surface area contributed by atoms with Crippen molar-refractivity contribution in [1.29, 1.82) is 0 Å². The maximum atomic E-state index is 12.6. The molecule has 0 bridgehead atoms. The third kappa shape index (κ3) is 2.81. The second kappa shape index (κ2) is 6.01. The zero-order valence-corrected chi connectivity index (χ0v) is 14.1. The number of rotatable bonds is 5. The minimum Gasteiger partial charge on any atom is -0.497 e. The highest BCUT2D eigenvalue weighted by atomic mass is 32.2. The molecule has 1 aromatic carbocycles. The normalized spacial score (nSPS) is 15.9. The summed E-state index contributed by atoms with van der Waals surface area (Å²) in [6.07, 6.45) is 1.52. The molecule has 2 aromatic heterocycles. The Balaban J connectivity index is 1.48. The number of benzene rings is 1. The van der Waals surface area contributed by atoms with Crippen LogP contribution >= 0.6 is 0 Å². The van der Waals surface area contributed by atoms with Gasteiger partial charge in [0.25, 0.3) is 0 Å². The van der Waals surface area contributed by atoms with Gasteiger partial charge in [-0.2, -0.15) is 9.29 Å². The Morgan fingerprint density at radius 2 is 2.08 bits per heavy atom. The van der Waals surface area contributed by atoms with Gasteiger partial charge in [0.05, 0.1) is 24.2 Å². The number of aromatic nitrogens is 2. The van der Waals surface area contributed by atoms with Gasteiger partial charge in [-0.15, -0.1) is 0 Å². The first-order valence-corrected chi connectivity index (χ1v) is 9.03. The van der Waals surface area contributed by atoms with Gasteiger partial charge in [-0.05, 0) is 24.3 Å². The number of hydrogen-bond acceptors (Lipinski definition) is 7. The van der Waals surface area contributed by atoms with Crippen LogP contribution in [-0.2, 0) is 10.0 Å². The summed E-state index contributed by atoms with van der Waals surface area (Å²) in [6, 6.07) is 9.87. The monoisotopic (exact) mass is 361 g/mol. The van der Waals surface area contributed by atoms with Gasteiger partial charge in [-0.25, -0.2) is 8.42 Å². The third-order valence-corrected chi connectivity index (χ3v) is 5.89. The van der Waals surface area contributed by atoms with Gasteiger partial charge >= 0.3 is 0 Å². The van der Waals surface area contributed by atoms with Crippen LogP contribution in [0.5, 0.6) is 5.75 Å². The zero-order chi connectivity index (χ0) is 17.4. The summed E-state index contributed by atoms with van der Waals surface area (Å²) in [5, 5.41) is 3.87. The van der Waals surface area contributed by atoms with Crippen molar-refractivity contribution in [3.05, 3.63) is 48.6 Å². The first kappa shape index (κ1) is 15.9. The van der Waals surface area contributed by atoms with E-state index in [9.17, 15) is 8.42 Å². The lowest BCUT2D eigenvalue weighted by Gasteiger charge is -2.35. The van der Waals surface area contributed by atoms with E-state index in [0.29, 0.717) is 36.3 Å². The second-order valence-corrected chi connectivity index (χ2v) is 7.57. The smallest absolute Gasteiger partial charge is 0.243 e. The summed E-state index contributed by atoms with van der Waals surface area (Å²) in [4.78, 5) is 4.48. The third-order valence-electron chi connectivity index (χ3n) is 4.06. The standard InChI is InChI=1S/C16H15N3O5S/c1-22-12-4-2-5-13(8-12)25(20,21)19-9-11(10-19)16-17-15(18-24-16)14-6-3-7-23-14/h2-8,11H,9-10H2,1H3. The number of methoxy groups -OCH3 is 1. The van der Waals surface area contributed by atoms with E-state index in [1.54, 1.807) is 30.3 Å². The molecule has 1 saturated heterocycles. The molecule has 1 fully saturated rings. The maximum Gasteiger partial charge on any atom is 0.243 e. The van der Waals surface area contributed by atoms with Crippen LogP contribution in [-0.4, -0.2) is 43.1 Å². The average molecular weight is 361 g/mol. The molecular formula is C16H15N3O5S. The van der Waals surface area contributed by atoms with Crippen molar-refractivity contribution in [3.63, 3.8) is 0 Å². The molecule has 3 aromatic rings. The van der Waals surface area contributed by atoms with E-state index in [1.165, 1.54) is 23.7 Å². The van der Waals surface area contributed by atoms with Crippen LogP contribution in [0, 0.1) is 0 Å². The van der Waals surface area contributed by atoms with Crippen LogP contribution in [0.25, 0.3) is 11.6 Å². The summed E-state index contributed by atoms with van der Waals surface area (Å²) in [5.74, 6) is 1.64. The predicted octanol–water partition coefficient (Wildman–Crippen LogP) is 2.13. The highest BCUT2D eigenvalue weighted by Crippen LogP contribution is 2.32. The molecule has 3 heterocycles. The van der Waals surface area contributed by atoms with Crippen molar-refractivity contribution in [2.45, 2.75) is 10.8 Å². The molecule has 0 atom stereocenters. The number of nitrogens with zero attached hydrogens (tertiary/aromatic N) is 3. The van der Waals surface area contributed by atoms with Gasteiger partial charge in [0.15, 0.2) is 5.76 Å². The molecule has 25 heavy (non-hydrogen) atoms. The Kier molecular flexibility index (Phi) is 3.81. The lowest BCUT2D eigenvalue weighted by molar-refractivity contribution is 0.216. The van der Waals surface area contributed by atoms with Gasteiger partial charge in [-0.3, -0.25) is 0 Å². The molecular weight excluding hydrogens is 346 g/mol. The largest absolute Gasteiger partial charge is 0.497 e. The molecule has 0 spiro atoms. The van der Waals surface area contributed by atoms with Crippen LogP contribution in [0.3, 0.4) is 0 Å². The first-order valence-electron chi connectivity index (χ1n) is 7.59. The Hall–Kier alpha value is -2.65. The fraction of sp³-hybridized carbons (Fsp3) is 0.250. The van der Waals surface area contributed by atoms with Crippen LogP contribution < -0.4 is 4.74 Å². The fourth-order valence-corrected chi connectivity index (χ4v) is 4.17. The van der Waals surface area contributed by atoms with Gasteiger partial charge < -0.3 is 13.7 Å². The molecule has 0 saturated carbocycles. The number of sulfonamides is 1. The van der Waals surface area contributed by atoms with E-state index in [0.717, 1.165) is 0 Å². The highest BCUT2D eigenvalue weighted by Gasteiger charge is 2.40. The molecule has 130 valence electrons. The molecule has 0 radical (unpaired) electrons. The van der Waals surface area contributed by atoms with E-state index in [2.05, 4.69) is 10.1 Å². The maximum absolute atomic E-state index is 12.6. The van der Waals surface area contributed by atoms with E-state index in [1.807, 2.05) is 0 Å². The summed E-state index contributed by atoms with van der Waals surface area (Å²) in [6.45, 7) is 0.582. The van der Waals surface area contributed by atoms with Crippen LogP contribution in [0.1, 0.15) is 11.8 Å². The fourth-order valence-electron chi connectivity index (χ4n) is 2.61. The SMILES string of the molecule is COc1cccc(S(=O)(=O)N2CC(c3nc(-c4ccco4)no3)C2)c1. The average Bonchev–Trinajstić information content (AvgIpc) is 3.24. The summed E-state index contributed by atoms with van der Waals surface area (Å²) in [7, 11) is -2.07. The molecule has 1 aliphatic heterocycles. The lowest BCUT2D eigenvalue weighted by atomic mass is 10.0. The van der Waals surface area contributed by atoms with E-state index in [-0.39, 0.29) is 10.8 Å². The van der Waals surface area contributed by atoms with Crippen molar-refractivity contribution in [2.75, 3.05) is 20.2 Å². The number of furan rings is 1. The molecule has 0 amide bonds. The molecule has 0 unspecified atom stereocenters. The van der Waals surface area contributed by atoms with Crippen molar-refractivity contribution >= 4 is 10.0 Å². The van der Waals surface area contributed by atoms with Crippen LogP contribution in [0.2, 0.25) is 0 Å². The van der Waals surface area contributed by atoms with Gasteiger partial charge in [-0.1, -0.05) is 11.2 Å². The summed E-state index contributed by atoms with van der Waals surface area (Å²) >= 11 is 0. The molecule has 9 heteroatoms. The van der Waals surface area contributed by atoms with Gasteiger partial charge in [0.1, 0.15) is 5.75 Å². The van der Waals surface area contributed by atoms with Gasteiger partial charge in [0, 0.05) is 19.2 Å². The topological polar surface area (TPSA) is 98.7 Å². The molecule has 1 aliphatic rings. The molecule has 0 N–H and O–H groups in total. The summed E-state index contributed by atoms with van der Waals surface area (Å²) < 4.78 is 42.2. The van der Waals surface area contributed by atoms with Crippen molar-refractivity contribution in [3.8, 4) is 17.3 Å². The zero-order valence-electron chi connectivity index (χ0n) is 13.3. The molecule has 4 rings (SSSR count). The predicted molar refractivity (Wildman–Crippen MR) is 86.5 cm³/mol. The van der Waals surface area contributed by atoms with Crippen molar-refractivity contribution in [2.24, 2.45) is 0 Å². The van der Waals surface area contributed by atoms with Crippen LogP contribution in [0.15, 0.2) is 56.5 Å². The lowest BCUT2D eigenvalue weighted by Crippen LogP contribution is -2.48. The highest BCUT2D eigenvalue weighted by molar-refractivity contribution is 7.89. The quantitative estimate of drug-likeness (QED) is 0.686. The second-order valence-electron chi connectivity index (χ2n) is 5.63. The molecule has 0 aliphatic carbocycles. The van der Waals surface area contributed by atoms with E-state index >= 15 is 0 Å². The van der Waals surface area contributed by atoms with Crippen molar-refractivity contribution < 1.29 is 22.1 Å². The summed E-state index contributed by atoms with van der Waals surface area (Å²) in [5.41, 5.74) is 0. The van der Waals surface area contributed by atoms with E-state index in [4.69, 9.17) is 13.7 Å².